The van der Waals surface area contributed by atoms with E-state index in [0.29, 0.717) is 49.4 Å². The third-order valence-electron chi connectivity index (χ3n) is 12.1. The molecule has 2 aliphatic heterocycles. The molecule has 356 valence electrons. The number of nitrogens with one attached hydrogen (secondary N) is 1. The van der Waals surface area contributed by atoms with Crippen LogP contribution in [0.3, 0.4) is 0 Å². The Morgan fingerprint density at radius 3 is 2.45 bits per heavy atom. The SMILES string of the molecule is C=C/C(C)=C(\C=C/C)C(C)(C)C(=C)/C=C/C=C1/N(CCCCC(=O)NCCC2C/C=C/CC/C=C/C(=NC)CC3=C(Cl)C(O)CC(C)=C3C(=C)O2)c2ccccc2C1(C)C.CCC.CO. The zero-order valence-electron chi connectivity index (χ0n) is 41.8. The van der Waals surface area contributed by atoms with Crippen LogP contribution in [-0.4, -0.2) is 61.3 Å². The fourth-order valence-electron chi connectivity index (χ4n) is 8.44. The number of amides is 1. The number of benzene rings is 1. The Balaban J connectivity index is 0.00000278. The van der Waals surface area contributed by atoms with Crippen LogP contribution >= 0.6 is 11.6 Å². The fourth-order valence-corrected chi connectivity index (χ4v) is 8.68. The molecule has 2 atom stereocenters. The number of halogens is 1. The molecule has 2 unspecified atom stereocenters. The molecule has 0 bridgehead atoms. The van der Waals surface area contributed by atoms with Crippen LogP contribution < -0.4 is 10.2 Å². The van der Waals surface area contributed by atoms with E-state index in [2.05, 4.69) is 156 Å². The lowest BCUT2D eigenvalue weighted by atomic mass is 9.75. The van der Waals surface area contributed by atoms with Crippen molar-refractivity contribution in [1.82, 2.24) is 5.32 Å². The van der Waals surface area contributed by atoms with Crippen molar-refractivity contribution in [3.8, 4) is 0 Å². The minimum absolute atomic E-state index is 0.0419. The van der Waals surface area contributed by atoms with Gasteiger partial charge in [0.1, 0.15) is 11.9 Å². The molecule has 1 amide bonds. The highest BCUT2D eigenvalue weighted by Gasteiger charge is 2.39. The van der Waals surface area contributed by atoms with Crippen molar-refractivity contribution in [3.05, 3.63) is 160 Å². The molecule has 3 N–H and O–H groups in total. The van der Waals surface area contributed by atoms with Crippen molar-refractivity contribution < 1.29 is 19.7 Å². The van der Waals surface area contributed by atoms with E-state index in [-0.39, 0.29) is 22.8 Å². The minimum Gasteiger partial charge on any atom is -0.490 e. The summed E-state index contributed by atoms with van der Waals surface area (Å²) in [5, 5.41) is 21.3. The summed E-state index contributed by atoms with van der Waals surface area (Å²) < 4.78 is 6.56. The average Bonchev–Trinajstić information content (AvgIpc) is 3.49. The maximum atomic E-state index is 13.2. The van der Waals surface area contributed by atoms with Crippen molar-refractivity contribution in [1.29, 1.82) is 0 Å². The molecular weight excluding hydrogens is 826 g/mol. The average molecular weight is 909 g/mol. The van der Waals surface area contributed by atoms with E-state index in [1.807, 2.05) is 26.0 Å². The van der Waals surface area contributed by atoms with E-state index >= 15 is 0 Å². The standard InChI is InChI=1S/C53H70ClN3O3.C3H8.CH4O/c1-12-24-44(37(3)13-2)52(7,8)39(5)25-23-30-48-53(9,10)45-28-19-20-29-46(45)57(48)34-22-21-31-49(59)56-33-32-42-27-18-16-14-15-17-26-41(55-11)36-43-50(40(6)60-42)38(4)35-47(58)51(43)54;1-3-2;1-2/h12-13,16-20,23-26,28-30,42,47,58H,2,5-6,14-15,21-22,27,31-36H2,1,3-4,7-11H3,(H,56,59);3H2,1-2H3;2H,1H3/b18-16+,24-12-,25-23+,26-17+,44-37+,48-30+,55-41?;;. The van der Waals surface area contributed by atoms with E-state index in [1.165, 1.54) is 28.9 Å². The summed E-state index contributed by atoms with van der Waals surface area (Å²) in [5.41, 5.74) is 10.2. The van der Waals surface area contributed by atoms with Crippen LogP contribution in [0, 0.1) is 5.41 Å². The Morgan fingerprint density at radius 2 is 1.78 bits per heavy atom. The lowest BCUT2D eigenvalue weighted by Gasteiger charge is -2.29. The number of fused-ring (bicyclic) bond motifs is 2. The first-order valence-electron chi connectivity index (χ1n) is 23.5. The van der Waals surface area contributed by atoms with Gasteiger partial charge in [-0.25, -0.2) is 0 Å². The third-order valence-corrected chi connectivity index (χ3v) is 12.6. The van der Waals surface area contributed by atoms with Gasteiger partial charge in [0.2, 0.25) is 5.91 Å². The molecule has 0 fully saturated rings. The number of aliphatic imine (C=N–C) groups is 1. The van der Waals surface area contributed by atoms with Crippen molar-refractivity contribution in [2.45, 2.75) is 144 Å². The van der Waals surface area contributed by atoms with Crippen LogP contribution in [0.4, 0.5) is 5.69 Å². The normalized spacial score (nSPS) is 21.6. The first-order valence-corrected chi connectivity index (χ1v) is 23.9. The van der Waals surface area contributed by atoms with Crippen LogP contribution in [0.25, 0.3) is 0 Å². The summed E-state index contributed by atoms with van der Waals surface area (Å²) in [7, 11) is 2.77. The number of hydrogen-bond donors (Lipinski definition) is 3. The monoisotopic (exact) mass is 908 g/mol. The summed E-state index contributed by atoms with van der Waals surface area (Å²) in [6.07, 6.45) is 27.5. The highest BCUT2D eigenvalue weighted by atomic mass is 35.5. The van der Waals surface area contributed by atoms with E-state index < -0.39 is 6.10 Å². The number of aliphatic hydroxyl groups is 2. The van der Waals surface area contributed by atoms with Gasteiger partial charge in [-0.05, 0) is 92.5 Å². The Hall–Kier alpha value is -4.69. The predicted octanol–water partition coefficient (Wildman–Crippen LogP) is 13.8. The number of carbonyl (C=O) groups is 1. The molecule has 1 aliphatic carbocycles. The molecule has 0 spiro atoms. The molecule has 1 aromatic rings. The molecule has 7 nitrogen and oxygen atoms in total. The van der Waals surface area contributed by atoms with Gasteiger partial charge in [0, 0.05) is 92.9 Å². The molecule has 65 heavy (non-hydrogen) atoms. The molecule has 0 aromatic heterocycles. The number of nitrogens with zero attached hydrogens (tertiary/aromatic N) is 2. The van der Waals surface area contributed by atoms with Crippen LogP contribution in [0.1, 0.15) is 132 Å². The topological polar surface area (TPSA) is 94.4 Å². The lowest BCUT2D eigenvalue weighted by molar-refractivity contribution is -0.121. The Bertz CT molecular complexity index is 2070. The number of anilines is 1. The van der Waals surface area contributed by atoms with Crippen LogP contribution in [0.2, 0.25) is 0 Å². The number of rotatable bonds is 14. The number of carbonyl (C=O) groups excluding carboxylic acids is 1. The summed E-state index contributed by atoms with van der Waals surface area (Å²) in [6.45, 7) is 33.5. The van der Waals surface area contributed by atoms with Gasteiger partial charge in [0.15, 0.2) is 0 Å². The molecule has 2 heterocycles. The summed E-state index contributed by atoms with van der Waals surface area (Å²) in [5.74, 6) is 0.577. The third kappa shape index (κ3) is 16.0. The van der Waals surface area contributed by atoms with Gasteiger partial charge in [-0.15, -0.1) is 0 Å². The Kier molecular flexibility index (Phi) is 24.6. The second-order valence-corrected chi connectivity index (χ2v) is 18.3. The van der Waals surface area contributed by atoms with Crippen LogP contribution in [-0.2, 0) is 14.9 Å². The maximum Gasteiger partial charge on any atom is 0.219 e. The number of aliphatic hydroxyl groups excluding tert-OH is 2. The van der Waals surface area contributed by atoms with E-state index in [4.69, 9.17) is 21.4 Å². The smallest absolute Gasteiger partial charge is 0.219 e. The molecule has 0 saturated heterocycles. The van der Waals surface area contributed by atoms with Crippen molar-refractivity contribution >= 4 is 28.9 Å². The minimum atomic E-state index is -0.761. The van der Waals surface area contributed by atoms with Gasteiger partial charge in [-0.1, -0.05) is 152 Å². The zero-order valence-corrected chi connectivity index (χ0v) is 42.6. The lowest BCUT2D eigenvalue weighted by Crippen LogP contribution is -2.29. The number of unbranched alkanes of at least 4 members (excludes halogenated alkanes) is 1. The van der Waals surface area contributed by atoms with E-state index in [9.17, 15) is 9.90 Å². The first kappa shape index (κ1) is 56.4. The van der Waals surface area contributed by atoms with Gasteiger partial charge in [0.05, 0.1) is 11.1 Å². The second-order valence-electron chi connectivity index (χ2n) is 17.9. The number of allylic oxidation sites excluding steroid dienone is 14. The highest BCUT2D eigenvalue weighted by Crippen LogP contribution is 2.48. The molecule has 8 heteroatoms. The van der Waals surface area contributed by atoms with Crippen LogP contribution in [0.5, 0.6) is 0 Å². The molecule has 0 radical (unpaired) electrons. The Labute approximate surface area is 399 Å². The van der Waals surface area contributed by atoms with Gasteiger partial charge in [-0.2, -0.15) is 0 Å². The van der Waals surface area contributed by atoms with Crippen molar-refractivity contribution in [3.63, 3.8) is 0 Å². The summed E-state index contributed by atoms with van der Waals surface area (Å²) in [4.78, 5) is 20.1. The number of para-hydroxylation sites is 1. The second kappa shape index (κ2) is 28.4. The van der Waals surface area contributed by atoms with Gasteiger partial charge in [0.25, 0.3) is 0 Å². The Morgan fingerprint density at radius 1 is 1.11 bits per heavy atom. The molecule has 4 rings (SSSR count). The summed E-state index contributed by atoms with van der Waals surface area (Å²) in [6, 6.07) is 8.65. The first-order chi connectivity index (χ1) is 31.0. The van der Waals surface area contributed by atoms with Crippen molar-refractivity contribution in [2.24, 2.45) is 10.4 Å². The molecule has 1 aromatic carbocycles. The van der Waals surface area contributed by atoms with Gasteiger partial charge in [-0.3, -0.25) is 9.79 Å². The van der Waals surface area contributed by atoms with Gasteiger partial charge < -0.3 is 25.2 Å². The summed E-state index contributed by atoms with van der Waals surface area (Å²) >= 11 is 6.75. The molecule has 3 aliphatic rings. The highest BCUT2D eigenvalue weighted by molar-refractivity contribution is 6.31. The van der Waals surface area contributed by atoms with Crippen molar-refractivity contribution in [2.75, 3.05) is 32.1 Å². The molecule has 0 saturated carbocycles. The quantitative estimate of drug-likeness (QED) is 0.0982. The number of ether oxygens (including phenoxy) is 1. The van der Waals surface area contributed by atoms with Gasteiger partial charge >= 0.3 is 0 Å². The molecular formula is C57H82ClN3O4. The fraction of sp³-hybridized carbons (Fsp3) is 0.474. The van der Waals surface area contributed by atoms with E-state index in [1.54, 1.807) is 7.05 Å². The predicted molar refractivity (Wildman–Crippen MR) is 281 cm³/mol. The number of hydrogen-bond acceptors (Lipinski definition) is 6. The van der Waals surface area contributed by atoms with Crippen LogP contribution in [0.15, 0.2) is 160 Å². The zero-order chi connectivity index (χ0) is 48.7. The van der Waals surface area contributed by atoms with E-state index in [0.717, 1.165) is 72.9 Å². The maximum absolute atomic E-state index is 13.2. The largest absolute Gasteiger partial charge is 0.490 e.